The van der Waals surface area contributed by atoms with Crippen molar-refractivity contribution >= 4 is 16.0 Å². The molecule has 1 heterocycles. The summed E-state index contributed by atoms with van der Waals surface area (Å²) in [6.45, 7) is 0.251. The van der Waals surface area contributed by atoms with E-state index in [1.807, 2.05) is 0 Å². The van der Waals surface area contributed by atoms with Crippen LogP contribution in [-0.4, -0.2) is 48.7 Å². The lowest BCUT2D eigenvalue weighted by atomic mass is 10.3. The van der Waals surface area contributed by atoms with Gasteiger partial charge in [0.1, 0.15) is 6.04 Å². The normalized spacial score (nSPS) is 24.4. The highest BCUT2D eigenvalue weighted by Gasteiger charge is 2.30. The van der Waals surface area contributed by atoms with Crippen molar-refractivity contribution < 1.29 is 18.3 Å². The highest BCUT2D eigenvalue weighted by Crippen LogP contribution is 2.12. The first-order chi connectivity index (χ1) is 5.93. The Bertz CT molecular complexity index is 300. The minimum Gasteiger partial charge on any atom is -0.480 e. The van der Waals surface area contributed by atoms with E-state index < -0.39 is 22.0 Å². The van der Waals surface area contributed by atoms with Crippen molar-refractivity contribution in [2.75, 3.05) is 18.8 Å². The number of carboxylic acid groups (broad SMARTS) is 1. The molecule has 0 bridgehead atoms. The molecule has 1 aliphatic heterocycles. The minimum absolute atomic E-state index is 0.0966. The quantitative estimate of drug-likeness (QED) is 0.583. The Morgan fingerprint density at radius 2 is 2.23 bits per heavy atom. The summed E-state index contributed by atoms with van der Waals surface area (Å²) in [7, 11) is -3.23. The third-order valence-corrected chi connectivity index (χ3v) is 3.84. The van der Waals surface area contributed by atoms with Crippen molar-refractivity contribution in [3.8, 4) is 0 Å². The van der Waals surface area contributed by atoms with Crippen LogP contribution >= 0.6 is 0 Å². The third-order valence-electron chi connectivity index (χ3n) is 1.92. The molecule has 7 heteroatoms. The van der Waals surface area contributed by atoms with Crippen LogP contribution in [-0.2, 0) is 14.8 Å². The molecule has 0 aromatic carbocycles. The van der Waals surface area contributed by atoms with Gasteiger partial charge < -0.3 is 10.8 Å². The molecule has 3 N–H and O–H groups in total. The first kappa shape index (κ1) is 10.4. The monoisotopic (exact) mass is 208 g/mol. The van der Waals surface area contributed by atoms with Gasteiger partial charge in [-0.3, -0.25) is 4.79 Å². The smallest absolute Gasteiger partial charge is 0.321 e. The summed E-state index contributed by atoms with van der Waals surface area (Å²) in [5.41, 5.74) is 5.21. The van der Waals surface area contributed by atoms with Crippen molar-refractivity contribution in [1.82, 2.24) is 4.31 Å². The number of sulfonamides is 1. The molecule has 0 spiro atoms. The van der Waals surface area contributed by atoms with Gasteiger partial charge in [-0.2, -0.15) is 4.31 Å². The maximum atomic E-state index is 11.2. The zero-order valence-electron chi connectivity index (χ0n) is 7.01. The average molecular weight is 208 g/mol. The first-order valence-corrected chi connectivity index (χ1v) is 5.50. The molecule has 6 nitrogen and oxygen atoms in total. The Morgan fingerprint density at radius 3 is 2.62 bits per heavy atom. The fourth-order valence-corrected chi connectivity index (χ4v) is 2.74. The molecule has 0 aromatic heterocycles. The van der Waals surface area contributed by atoms with Crippen molar-refractivity contribution in [1.29, 1.82) is 0 Å². The van der Waals surface area contributed by atoms with Gasteiger partial charge in [0, 0.05) is 13.1 Å². The van der Waals surface area contributed by atoms with E-state index in [2.05, 4.69) is 0 Å². The molecule has 1 aliphatic rings. The van der Waals surface area contributed by atoms with Gasteiger partial charge in [0.2, 0.25) is 10.0 Å². The fourth-order valence-electron chi connectivity index (χ4n) is 1.19. The summed E-state index contributed by atoms with van der Waals surface area (Å²) in [4.78, 5) is 10.4. The van der Waals surface area contributed by atoms with E-state index in [1.165, 1.54) is 0 Å². The standard InChI is InChI=1S/C6H12N2O4S/c7-5(6(9)10)4-8-2-1-3-13(8,11)12/h5H,1-4,7H2,(H,9,10). The molecular formula is C6H12N2O4S. The number of hydrogen-bond donors (Lipinski definition) is 2. The van der Waals surface area contributed by atoms with E-state index in [4.69, 9.17) is 10.8 Å². The summed E-state index contributed by atoms with van der Waals surface area (Å²) in [6, 6.07) is -1.13. The lowest BCUT2D eigenvalue weighted by Gasteiger charge is -2.16. The Balaban J connectivity index is 2.60. The Labute approximate surface area is 76.4 Å². The van der Waals surface area contributed by atoms with Crippen molar-refractivity contribution in [3.05, 3.63) is 0 Å². The van der Waals surface area contributed by atoms with Crippen molar-refractivity contribution in [3.63, 3.8) is 0 Å². The van der Waals surface area contributed by atoms with Gasteiger partial charge in [0.15, 0.2) is 0 Å². The molecule has 1 fully saturated rings. The highest BCUT2D eigenvalue weighted by molar-refractivity contribution is 7.89. The number of rotatable bonds is 3. The number of carboxylic acids is 1. The van der Waals surface area contributed by atoms with Crippen molar-refractivity contribution in [2.45, 2.75) is 12.5 Å². The van der Waals surface area contributed by atoms with Crippen LogP contribution in [0, 0.1) is 0 Å². The number of carbonyl (C=O) groups is 1. The van der Waals surface area contributed by atoms with E-state index in [0.717, 1.165) is 4.31 Å². The number of nitrogens with two attached hydrogens (primary N) is 1. The van der Waals surface area contributed by atoms with E-state index in [9.17, 15) is 13.2 Å². The predicted octanol–water partition coefficient (Wildman–Crippen LogP) is -1.57. The molecule has 0 saturated carbocycles. The first-order valence-electron chi connectivity index (χ1n) is 3.90. The summed E-state index contributed by atoms with van der Waals surface area (Å²) in [6.07, 6.45) is 0.550. The van der Waals surface area contributed by atoms with Crippen LogP contribution in [0.15, 0.2) is 0 Å². The van der Waals surface area contributed by atoms with Gasteiger partial charge in [-0.15, -0.1) is 0 Å². The Kier molecular flexibility index (Phi) is 2.89. The number of aliphatic carboxylic acids is 1. The summed E-state index contributed by atoms with van der Waals surface area (Å²) >= 11 is 0. The molecule has 76 valence electrons. The highest BCUT2D eigenvalue weighted by atomic mass is 32.2. The molecule has 13 heavy (non-hydrogen) atoms. The van der Waals surface area contributed by atoms with Gasteiger partial charge in [-0.25, -0.2) is 8.42 Å². The van der Waals surface area contributed by atoms with Crippen LogP contribution in [0.1, 0.15) is 6.42 Å². The van der Waals surface area contributed by atoms with Crippen molar-refractivity contribution in [2.24, 2.45) is 5.73 Å². The van der Waals surface area contributed by atoms with E-state index in [1.54, 1.807) is 0 Å². The molecule has 1 rings (SSSR count). The number of hydrogen-bond acceptors (Lipinski definition) is 4. The van der Waals surface area contributed by atoms with E-state index in [-0.39, 0.29) is 12.3 Å². The second kappa shape index (κ2) is 3.60. The predicted molar refractivity (Wildman–Crippen MR) is 45.6 cm³/mol. The van der Waals surface area contributed by atoms with Crippen LogP contribution in [0.25, 0.3) is 0 Å². The minimum atomic E-state index is -3.23. The summed E-state index contributed by atoms with van der Waals surface area (Å²) in [5.74, 6) is -1.08. The van der Waals surface area contributed by atoms with Gasteiger partial charge in [0.25, 0.3) is 0 Å². The maximum Gasteiger partial charge on any atom is 0.321 e. The second-order valence-corrected chi connectivity index (χ2v) is 5.06. The lowest BCUT2D eigenvalue weighted by Crippen LogP contribution is -2.43. The fraction of sp³-hybridized carbons (Fsp3) is 0.833. The molecule has 1 atom stereocenters. The maximum absolute atomic E-state index is 11.2. The van der Waals surface area contributed by atoms with Gasteiger partial charge in [-0.05, 0) is 6.42 Å². The van der Waals surface area contributed by atoms with Gasteiger partial charge in [-0.1, -0.05) is 0 Å². The molecule has 0 amide bonds. The molecule has 0 aliphatic carbocycles. The van der Waals surface area contributed by atoms with Crippen LogP contribution in [0.5, 0.6) is 0 Å². The third kappa shape index (κ3) is 2.39. The topological polar surface area (TPSA) is 101 Å². The Hall–Kier alpha value is -0.660. The average Bonchev–Trinajstić information content (AvgIpc) is 2.30. The molecule has 0 aromatic rings. The number of nitrogens with zero attached hydrogens (tertiary/aromatic N) is 1. The van der Waals surface area contributed by atoms with Crippen LogP contribution < -0.4 is 5.73 Å². The van der Waals surface area contributed by atoms with Gasteiger partial charge in [0.05, 0.1) is 5.75 Å². The van der Waals surface area contributed by atoms with Crippen LogP contribution in [0.2, 0.25) is 0 Å². The molecule has 0 radical (unpaired) electrons. The molecular weight excluding hydrogens is 196 g/mol. The zero-order chi connectivity index (χ0) is 10.1. The van der Waals surface area contributed by atoms with Crippen LogP contribution in [0.4, 0.5) is 0 Å². The lowest BCUT2D eigenvalue weighted by molar-refractivity contribution is -0.138. The zero-order valence-corrected chi connectivity index (χ0v) is 7.83. The SMILES string of the molecule is NC(CN1CCCS1(=O)=O)C(=O)O. The van der Waals surface area contributed by atoms with E-state index in [0.29, 0.717) is 13.0 Å². The summed E-state index contributed by atoms with van der Waals surface area (Å²) in [5, 5.41) is 8.47. The second-order valence-electron chi connectivity index (χ2n) is 2.97. The molecule has 1 saturated heterocycles. The molecule has 1 unspecified atom stereocenters. The van der Waals surface area contributed by atoms with Gasteiger partial charge >= 0.3 is 5.97 Å². The summed E-state index contributed by atoms with van der Waals surface area (Å²) < 4.78 is 23.5. The van der Waals surface area contributed by atoms with E-state index >= 15 is 0 Å². The largest absolute Gasteiger partial charge is 0.480 e. The van der Waals surface area contributed by atoms with Crippen LogP contribution in [0.3, 0.4) is 0 Å². The Morgan fingerprint density at radius 1 is 1.62 bits per heavy atom.